The van der Waals surface area contributed by atoms with Crippen LogP contribution in [0.4, 0.5) is 0 Å². The lowest BCUT2D eigenvalue weighted by molar-refractivity contribution is -0.659. The highest BCUT2D eigenvalue weighted by Crippen LogP contribution is 2.39. The minimum atomic E-state index is 0.692. The van der Waals surface area contributed by atoms with Gasteiger partial charge in [-0.1, -0.05) is 0 Å². The zero-order chi connectivity index (χ0) is 18.4. The van der Waals surface area contributed by atoms with E-state index in [4.69, 9.17) is 0 Å². The highest BCUT2D eigenvalue weighted by Gasteiger charge is 2.30. The van der Waals surface area contributed by atoms with Crippen molar-refractivity contribution in [3.05, 3.63) is 56.4 Å². The minimum absolute atomic E-state index is 0.692. The van der Waals surface area contributed by atoms with E-state index in [0.717, 1.165) is 5.69 Å². The van der Waals surface area contributed by atoms with Crippen molar-refractivity contribution in [2.75, 3.05) is 0 Å². The van der Waals surface area contributed by atoms with Crippen LogP contribution in [0.1, 0.15) is 19.5 Å². The first-order valence-electron chi connectivity index (χ1n) is 8.49. The van der Waals surface area contributed by atoms with Gasteiger partial charge in [-0.25, -0.2) is 4.57 Å². The van der Waals surface area contributed by atoms with E-state index < -0.39 is 0 Å². The third-order valence-electron chi connectivity index (χ3n) is 4.47. The fourth-order valence-electron chi connectivity index (χ4n) is 3.44. The Morgan fingerprint density at radius 2 is 1.46 bits per heavy atom. The number of aryl methyl sites for hydroxylation is 5. The van der Waals surface area contributed by atoms with Crippen LogP contribution < -0.4 is 4.57 Å². The molecule has 4 rings (SSSR count). The Labute approximate surface area is 161 Å². The molecule has 0 spiro atoms. The molecule has 0 saturated carbocycles. The summed E-state index contributed by atoms with van der Waals surface area (Å²) in [6.07, 6.45) is 5.66. The molecule has 0 radical (unpaired) electrons. The van der Waals surface area contributed by atoms with Gasteiger partial charge in [0, 0.05) is 43.0 Å². The summed E-state index contributed by atoms with van der Waals surface area (Å²) < 4.78 is 4.29. The van der Waals surface area contributed by atoms with Crippen molar-refractivity contribution >= 4 is 22.7 Å². The predicted molar refractivity (Wildman–Crippen MR) is 108 cm³/mol. The maximum Gasteiger partial charge on any atom is 0.326 e. The molecule has 0 atom stereocenters. The van der Waals surface area contributed by atoms with E-state index in [0.29, 0.717) is 5.95 Å². The second kappa shape index (κ2) is 6.45. The monoisotopic (exact) mass is 381 g/mol. The average Bonchev–Trinajstić information content (AvgIpc) is 3.22. The molecular formula is C20H21N4S2+. The Hall–Kier alpha value is -2.31. The second-order valence-corrected chi connectivity index (χ2v) is 9.42. The first kappa shape index (κ1) is 17.1. The molecule has 0 amide bonds. The van der Waals surface area contributed by atoms with Gasteiger partial charge in [-0.15, -0.1) is 22.7 Å². The van der Waals surface area contributed by atoms with Crippen LogP contribution in [0.15, 0.2) is 36.9 Å². The topological polar surface area (TPSA) is 34.6 Å². The van der Waals surface area contributed by atoms with Gasteiger partial charge in [-0.05, 0) is 45.9 Å². The van der Waals surface area contributed by atoms with Gasteiger partial charge in [-0.3, -0.25) is 0 Å². The molecule has 0 bridgehead atoms. The summed E-state index contributed by atoms with van der Waals surface area (Å²) in [4.78, 5) is 14.3. The van der Waals surface area contributed by atoms with E-state index in [9.17, 15) is 0 Å². The summed E-state index contributed by atoms with van der Waals surface area (Å²) in [5.74, 6) is 0.692. The Morgan fingerprint density at radius 1 is 0.885 bits per heavy atom. The van der Waals surface area contributed by atoms with Crippen molar-refractivity contribution < 1.29 is 4.57 Å². The van der Waals surface area contributed by atoms with Crippen LogP contribution in [0.25, 0.3) is 28.5 Å². The lowest BCUT2D eigenvalue weighted by Crippen LogP contribution is -2.28. The smallest absolute Gasteiger partial charge is 0.232 e. The molecule has 26 heavy (non-hydrogen) atoms. The number of thiophene rings is 2. The van der Waals surface area contributed by atoms with Crippen LogP contribution in [0, 0.1) is 27.7 Å². The molecule has 0 fully saturated rings. The third kappa shape index (κ3) is 2.79. The summed E-state index contributed by atoms with van der Waals surface area (Å²) in [6, 6.07) is 6.40. The average molecular weight is 382 g/mol. The number of imidazole rings is 1. The van der Waals surface area contributed by atoms with Gasteiger partial charge in [-0.2, -0.15) is 14.5 Å². The standard InChI is InChI=1S/C20H21N4S2/c1-12-9-16(14(3)25-12)18-19(17-10-13(2)26-15(17)4)24(11-23(18)5)20-21-7-6-8-22-20/h6-11H,1-5H3/q+1. The second-order valence-electron chi connectivity index (χ2n) is 6.50. The van der Waals surface area contributed by atoms with Crippen molar-refractivity contribution in [1.82, 2.24) is 14.5 Å². The maximum absolute atomic E-state index is 4.49. The maximum atomic E-state index is 4.49. The van der Waals surface area contributed by atoms with Gasteiger partial charge in [0.2, 0.25) is 0 Å². The van der Waals surface area contributed by atoms with Crippen LogP contribution in [-0.2, 0) is 7.05 Å². The molecular weight excluding hydrogens is 360 g/mol. The fraction of sp³-hybridized carbons (Fsp3) is 0.250. The molecule has 132 valence electrons. The van der Waals surface area contributed by atoms with Crippen LogP contribution >= 0.6 is 22.7 Å². The van der Waals surface area contributed by atoms with Crippen molar-refractivity contribution in [3.8, 4) is 28.5 Å². The molecule has 0 aromatic carbocycles. The van der Waals surface area contributed by atoms with E-state index in [2.05, 4.69) is 72.3 Å². The van der Waals surface area contributed by atoms with Gasteiger partial charge in [0.1, 0.15) is 0 Å². The summed E-state index contributed by atoms with van der Waals surface area (Å²) >= 11 is 3.67. The Morgan fingerprint density at radius 3 is 2.00 bits per heavy atom. The normalized spacial score (nSPS) is 11.3. The van der Waals surface area contributed by atoms with Crippen molar-refractivity contribution in [2.45, 2.75) is 27.7 Å². The first-order chi connectivity index (χ1) is 12.5. The van der Waals surface area contributed by atoms with Gasteiger partial charge >= 0.3 is 5.95 Å². The largest absolute Gasteiger partial charge is 0.326 e. The molecule has 0 saturated heterocycles. The highest BCUT2D eigenvalue weighted by atomic mass is 32.1. The molecule has 0 aliphatic carbocycles. The Balaban J connectivity index is 2.08. The molecule has 0 unspecified atom stereocenters. The zero-order valence-corrected chi connectivity index (χ0v) is 17.2. The van der Waals surface area contributed by atoms with Gasteiger partial charge in [0.25, 0.3) is 6.33 Å². The van der Waals surface area contributed by atoms with Crippen LogP contribution in [0.2, 0.25) is 0 Å². The molecule has 4 nitrogen and oxygen atoms in total. The van der Waals surface area contributed by atoms with Crippen LogP contribution in [0.5, 0.6) is 0 Å². The summed E-state index contributed by atoms with van der Waals surface area (Å²) in [6.45, 7) is 8.70. The molecule has 4 aromatic heterocycles. The lowest BCUT2D eigenvalue weighted by Gasteiger charge is -2.03. The number of hydrogen-bond acceptors (Lipinski definition) is 4. The summed E-state index contributed by atoms with van der Waals surface area (Å²) in [5.41, 5.74) is 4.89. The quantitative estimate of drug-likeness (QED) is 0.479. The van der Waals surface area contributed by atoms with Crippen LogP contribution in [-0.4, -0.2) is 14.5 Å². The zero-order valence-electron chi connectivity index (χ0n) is 15.6. The summed E-state index contributed by atoms with van der Waals surface area (Å²) in [5, 5.41) is 0. The Bertz CT molecular complexity index is 1090. The van der Waals surface area contributed by atoms with Crippen molar-refractivity contribution in [3.63, 3.8) is 0 Å². The predicted octanol–water partition coefficient (Wildman–Crippen LogP) is 4.78. The minimum Gasteiger partial charge on any atom is -0.232 e. The molecule has 4 heterocycles. The van der Waals surface area contributed by atoms with Gasteiger partial charge in [0.15, 0.2) is 11.4 Å². The Kier molecular flexibility index (Phi) is 4.25. The molecule has 0 aliphatic heterocycles. The van der Waals surface area contributed by atoms with Crippen molar-refractivity contribution in [1.29, 1.82) is 0 Å². The van der Waals surface area contributed by atoms with Gasteiger partial charge in [0.05, 0.1) is 7.05 Å². The van der Waals surface area contributed by atoms with Crippen molar-refractivity contribution in [2.24, 2.45) is 7.05 Å². The number of hydrogen-bond donors (Lipinski definition) is 0. The number of nitrogens with zero attached hydrogens (tertiary/aromatic N) is 4. The molecule has 0 aliphatic rings. The van der Waals surface area contributed by atoms with E-state index in [-0.39, 0.29) is 0 Å². The molecule has 0 N–H and O–H groups in total. The van der Waals surface area contributed by atoms with E-state index >= 15 is 0 Å². The lowest BCUT2D eigenvalue weighted by atomic mass is 10.1. The SMILES string of the molecule is Cc1cc(-c2c(-c3cc(C)sc3C)[n+](C)cn2-c2ncccn2)c(C)s1. The van der Waals surface area contributed by atoms with Gasteiger partial charge < -0.3 is 0 Å². The van der Waals surface area contributed by atoms with Crippen LogP contribution in [0.3, 0.4) is 0 Å². The van der Waals surface area contributed by atoms with E-state index in [1.807, 2.05) is 28.7 Å². The highest BCUT2D eigenvalue weighted by molar-refractivity contribution is 7.12. The van der Waals surface area contributed by atoms with E-state index in [1.54, 1.807) is 12.4 Å². The molecule has 4 aromatic rings. The van der Waals surface area contributed by atoms with E-state index in [1.165, 1.54) is 36.3 Å². The molecule has 6 heteroatoms. The number of rotatable bonds is 3. The summed E-state index contributed by atoms with van der Waals surface area (Å²) in [7, 11) is 2.10. The number of aromatic nitrogens is 4. The fourth-order valence-corrected chi connectivity index (χ4v) is 5.29. The third-order valence-corrected chi connectivity index (χ3v) is 6.40. The first-order valence-corrected chi connectivity index (χ1v) is 10.1.